The van der Waals surface area contributed by atoms with Crippen molar-refractivity contribution in [2.75, 3.05) is 26.0 Å². The summed E-state index contributed by atoms with van der Waals surface area (Å²) in [5.74, 6) is -1.25. The number of hydrogen-bond donors (Lipinski definition) is 1. The molecule has 0 unspecified atom stereocenters. The van der Waals surface area contributed by atoms with Crippen molar-refractivity contribution >= 4 is 27.5 Å². The normalized spacial score (nSPS) is 17.6. The van der Waals surface area contributed by atoms with Gasteiger partial charge in [-0.2, -0.15) is 13.2 Å². The van der Waals surface area contributed by atoms with Crippen molar-refractivity contribution < 1.29 is 35.5 Å². The van der Waals surface area contributed by atoms with Crippen molar-refractivity contribution in [2.24, 2.45) is 5.92 Å². The molecule has 2 aromatic rings. The summed E-state index contributed by atoms with van der Waals surface area (Å²) in [6.07, 6.45) is -0.396. The fourth-order valence-electron chi connectivity index (χ4n) is 4.49. The molecule has 2 aliphatic rings. The molecular formula is C25H27ClF4N2O4S. The number of piperidine rings is 1. The third kappa shape index (κ3) is 7.58. The average molecular weight is 563 g/mol. The topological polar surface area (TPSA) is 75.7 Å². The molecule has 1 amide bonds. The number of sulfonamides is 1. The second kappa shape index (κ2) is 10.8. The minimum Gasteiger partial charge on any atom is -0.493 e. The fraction of sp³-hybridized carbons (Fsp3) is 0.480. The Labute approximate surface area is 218 Å². The number of ether oxygens (including phenoxy) is 1. The number of amides is 1. The first-order valence-electron chi connectivity index (χ1n) is 11.9. The zero-order chi connectivity index (χ0) is 27.0. The Bertz CT molecular complexity index is 1270. The molecule has 0 spiro atoms. The third-order valence-corrected chi connectivity index (χ3v) is 7.29. The molecule has 0 radical (unpaired) electrons. The lowest BCUT2D eigenvalue weighted by Gasteiger charge is -2.32. The molecule has 0 bridgehead atoms. The van der Waals surface area contributed by atoms with Crippen molar-refractivity contribution in [3.05, 3.63) is 63.4 Å². The van der Waals surface area contributed by atoms with Crippen molar-refractivity contribution in [3.63, 3.8) is 0 Å². The van der Waals surface area contributed by atoms with Gasteiger partial charge in [-0.25, -0.2) is 17.5 Å². The van der Waals surface area contributed by atoms with E-state index in [1.54, 1.807) is 10.8 Å². The summed E-state index contributed by atoms with van der Waals surface area (Å²) >= 11 is 5.89. The highest BCUT2D eigenvalue weighted by molar-refractivity contribution is 7.89. The van der Waals surface area contributed by atoms with Gasteiger partial charge in [0.2, 0.25) is 10.0 Å². The maximum atomic E-state index is 14.7. The Morgan fingerprint density at radius 1 is 1.11 bits per heavy atom. The van der Waals surface area contributed by atoms with Crippen LogP contribution in [0.25, 0.3) is 0 Å². The first kappa shape index (κ1) is 27.7. The lowest BCUT2D eigenvalue weighted by atomic mass is 9.97. The van der Waals surface area contributed by atoms with Crippen LogP contribution in [0.3, 0.4) is 0 Å². The summed E-state index contributed by atoms with van der Waals surface area (Å²) in [6.45, 7) is 2.01. The highest BCUT2D eigenvalue weighted by atomic mass is 35.5. The van der Waals surface area contributed by atoms with Crippen LogP contribution in [0.2, 0.25) is 5.02 Å². The quantitative estimate of drug-likeness (QED) is 0.439. The van der Waals surface area contributed by atoms with E-state index >= 15 is 0 Å². The van der Waals surface area contributed by atoms with Gasteiger partial charge in [0.25, 0.3) is 5.91 Å². The predicted molar refractivity (Wildman–Crippen MR) is 131 cm³/mol. The van der Waals surface area contributed by atoms with E-state index < -0.39 is 33.5 Å². The lowest BCUT2D eigenvalue weighted by molar-refractivity contribution is -0.137. The van der Waals surface area contributed by atoms with Gasteiger partial charge in [0.15, 0.2) is 0 Å². The first-order chi connectivity index (χ1) is 17.3. The van der Waals surface area contributed by atoms with Crippen LogP contribution >= 0.6 is 11.6 Å². The highest BCUT2D eigenvalue weighted by Gasteiger charge is 2.32. The van der Waals surface area contributed by atoms with Crippen LogP contribution in [0.5, 0.6) is 5.75 Å². The van der Waals surface area contributed by atoms with Gasteiger partial charge in [-0.05, 0) is 86.0 Å². The molecule has 37 heavy (non-hydrogen) atoms. The molecule has 2 aromatic carbocycles. The number of nitrogens with one attached hydrogen (secondary N) is 1. The molecule has 6 nitrogen and oxygen atoms in total. The molecular weight excluding hydrogens is 536 g/mol. The number of likely N-dealkylation sites (tertiary alicyclic amines) is 1. The van der Waals surface area contributed by atoms with Crippen LogP contribution in [-0.2, 0) is 22.7 Å². The Morgan fingerprint density at radius 2 is 1.78 bits per heavy atom. The molecule has 4 rings (SSSR count). The Hall–Kier alpha value is -2.37. The van der Waals surface area contributed by atoms with Crippen LogP contribution < -0.4 is 9.46 Å². The van der Waals surface area contributed by atoms with Crippen LogP contribution in [0.1, 0.15) is 58.6 Å². The fourth-order valence-corrected chi connectivity index (χ4v) is 5.19. The van der Waals surface area contributed by atoms with Crippen molar-refractivity contribution in [2.45, 2.75) is 44.3 Å². The monoisotopic (exact) mass is 562 g/mol. The molecule has 1 heterocycles. The summed E-state index contributed by atoms with van der Waals surface area (Å²) in [6, 6.07) is 6.08. The van der Waals surface area contributed by atoms with Crippen molar-refractivity contribution in [1.29, 1.82) is 0 Å². The van der Waals surface area contributed by atoms with Gasteiger partial charge in [0.1, 0.15) is 11.6 Å². The van der Waals surface area contributed by atoms with Crippen molar-refractivity contribution in [1.82, 2.24) is 9.62 Å². The van der Waals surface area contributed by atoms with Crippen molar-refractivity contribution in [3.8, 4) is 5.75 Å². The Balaban J connectivity index is 1.35. The van der Waals surface area contributed by atoms with E-state index in [1.807, 2.05) is 0 Å². The molecule has 2 fully saturated rings. The second-order valence-electron chi connectivity index (χ2n) is 9.72. The van der Waals surface area contributed by atoms with E-state index in [9.17, 15) is 30.8 Å². The largest absolute Gasteiger partial charge is 0.493 e. The number of carbonyl (C=O) groups excluding carboxylic acids is 1. The van der Waals surface area contributed by atoms with Crippen LogP contribution in [-0.4, -0.2) is 45.2 Å². The van der Waals surface area contributed by atoms with E-state index in [1.165, 1.54) is 6.07 Å². The van der Waals surface area contributed by atoms with E-state index in [4.69, 9.17) is 16.3 Å². The number of alkyl halides is 3. The SMILES string of the molecule is CS(=O)(=O)NC(=O)c1cc(C2CC2)c(OCC2CCN(Cc3cc(Cl)cc(C(F)(F)F)c3)CC2)cc1F. The van der Waals surface area contributed by atoms with Crippen LogP contribution in [0.4, 0.5) is 17.6 Å². The maximum absolute atomic E-state index is 14.7. The van der Waals surface area contributed by atoms with Crippen LogP contribution in [0, 0.1) is 11.7 Å². The molecule has 0 atom stereocenters. The van der Waals surface area contributed by atoms with Gasteiger partial charge >= 0.3 is 6.18 Å². The number of rotatable bonds is 8. The number of benzene rings is 2. The Morgan fingerprint density at radius 3 is 2.38 bits per heavy atom. The number of carbonyl (C=O) groups is 1. The number of hydrogen-bond acceptors (Lipinski definition) is 5. The average Bonchev–Trinajstić information content (AvgIpc) is 3.62. The van der Waals surface area contributed by atoms with Gasteiger partial charge in [-0.3, -0.25) is 9.69 Å². The van der Waals surface area contributed by atoms with Gasteiger partial charge in [-0.1, -0.05) is 11.6 Å². The minimum absolute atomic E-state index is 0.0478. The number of nitrogens with zero attached hydrogens (tertiary/aromatic N) is 1. The molecule has 12 heteroatoms. The molecule has 1 aliphatic carbocycles. The third-order valence-electron chi connectivity index (χ3n) is 6.51. The summed E-state index contributed by atoms with van der Waals surface area (Å²) in [7, 11) is -3.83. The predicted octanol–water partition coefficient (Wildman–Crippen LogP) is 5.36. The zero-order valence-electron chi connectivity index (χ0n) is 20.1. The van der Waals surface area contributed by atoms with E-state index in [2.05, 4.69) is 4.90 Å². The molecule has 1 saturated heterocycles. The standard InChI is InChI=1S/C25H27ClF4N2O4S/c1-37(34,35)31-24(33)21-11-20(17-2-3-17)23(12-22(21)27)36-14-15-4-6-32(7-5-15)13-16-8-18(25(28,29)30)10-19(26)9-16/h8-12,15,17H,2-7,13-14H2,1H3,(H,31,33). The molecule has 1 N–H and O–H groups in total. The maximum Gasteiger partial charge on any atom is 0.416 e. The highest BCUT2D eigenvalue weighted by Crippen LogP contribution is 2.45. The van der Waals surface area contributed by atoms with E-state index in [0.717, 1.165) is 50.1 Å². The minimum atomic E-state index is -4.46. The first-order valence-corrected chi connectivity index (χ1v) is 14.1. The van der Waals surface area contributed by atoms with Gasteiger partial charge < -0.3 is 4.74 Å². The molecule has 0 aromatic heterocycles. The summed E-state index contributed by atoms with van der Waals surface area (Å²) < 4.78 is 84.4. The smallest absolute Gasteiger partial charge is 0.416 e. The molecule has 202 valence electrons. The Kier molecular flexibility index (Phi) is 8.06. The summed E-state index contributed by atoms with van der Waals surface area (Å²) in [5, 5.41) is 0.0478. The zero-order valence-corrected chi connectivity index (χ0v) is 21.6. The van der Waals surface area contributed by atoms with Crippen LogP contribution in [0.15, 0.2) is 30.3 Å². The summed E-state index contributed by atoms with van der Waals surface area (Å²) in [4.78, 5) is 14.3. The van der Waals surface area contributed by atoms with Gasteiger partial charge in [0.05, 0.1) is 24.0 Å². The lowest BCUT2D eigenvalue weighted by Crippen LogP contribution is -2.35. The van der Waals surface area contributed by atoms with Gasteiger partial charge in [0, 0.05) is 17.6 Å². The summed E-state index contributed by atoms with van der Waals surface area (Å²) in [5.41, 5.74) is 0.0671. The molecule has 1 saturated carbocycles. The second-order valence-corrected chi connectivity index (χ2v) is 11.9. The van der Waals surface area contributed by atoms with Gasteiger partial charge in [-0.15, -0.1) is 0 Å². The number of halogens is 5. The van der Waals surface area contributed by atoms with E-state index in [0.29, 0.717) is 43.1 Å². The van der Waals surface area contributed by atoms with E-state index in [-0.39, 0.29) is 22.4 Å². The molecule has 1 aliphatic heterocycles.